The lowest BCUT2D eigenvalue weighted by Crippen LogP contribution is -2.11. The molecule has 0 heterocycles. The minimum atomic E-state index is -1.10. The van der Waals surface area contributed by atoms with Crippen LogP contribution in [-0.4, -0.2) is 30.7 Å². The van der Waals surface area contributed by atoms with Crippen molar-refractivity contribution in [2.45, 2.75) is 32.6 Å². The first-order valence-electron chi connectivity index (χ1n) is 9.67. The Morgan fingerprint density at radius 2 is 1.86 bits per heavy atom. The maximum atomic E-state index is 12.2. The SMILES string of the molecule is CCCCCCOc1cc(/C=C/C(=O)Nc2ccccc2C(=O)O)ccc1OC. The number of anilines is 1. The van der Waals surface area contributed by atoms with Gasteiger partial charge in [0.1, 0.15) is 0 Å². The van der Waals surface area contributed by atoms with Gasteiger partial charge in [-0.15, -0.1) is 0 Å². The second kappa shape index (κ2) is 11.5. The standard InChI is InChI=1S/C23H27NO5/c1-3-4-5-8-15-29-21-16-17(11-13-20(21)28-2)12-14-22(25)24-19-10-7-6-9-18(19)23(26)27/h6-7,9-14,16H,3-5,8,15H2,1-2H3,(H,24,25)(H,26,27)/b14-12+. The van der Waals surface area contributed by atoms with E-state index in [1.807, 2.05) is 12.1 Å². The van der Waals surface area contributed by atoms with Crippen molar-refractivity contribution in [3.63, 3.8) is 0 Å². The van der Waals surface area contributed by atoms with Gasteiger partial charge in [-0.25, -0.2) is 4.79 Å². The first-order valence-corrected chi connectivity index (χ1v) is 9.67. The molecule has 0 aliphatic carbocycles. The summed E-state index contributed by atoms with van der Waals surface area (Å²) in [5.74, 6) is -0.252. The molecule has 0 saturated heterocycles. The summed E-state index contributed by atoms with van der Waals surface area (Å²) in [5.41, 5.74) is 1.06. The van der Waals surface area contributed by atoms with E-state index in [0.717, 1.165) is 18.4 Å². The number of carbonyl (C=O) groups is 2. The van der Waals surface area contributed by atoms with Gasteiger partial charge in [-0.2, -0.15) is 0 Å². The average Bonchev–Trinajstić information content (AvgIpc) is 2.72. The van der Waals surface area contributed by atoms with Crippen molar-refractivity contribution >= 4 is 23.6 Å². The van der Waals surface area contributed by atoms with Crippen molar-refractivity contribution in [1.29, 1.82) is 0 Å². The van der Waals surface area contributed by atoms with E-state index in [1.54, 1.807) is 37.5 Å². The van der Waals surface area contributed by atoms with Crippen LogP contribution in [0.25, 0.3) is 6.08 Å². The highest BCUT2D eigenvalue weighted by Crippen LogP contribution is 2.29. The molecule has 0 spiro atoms. The fourth-order valence-corrected chi connectivity index (χ4v) is 2.75. The van der Waals surface area contributed by atoms with E-state index in [1.165, 1.54) is 25.0 Å². The van der Waals surface area contributed by atoms with E-state index < -0.39 is 11.9 Å². The molecule has 1 amide bonds. The number of hydrogen-bond donors (Lipinski definition) is 2. The minimum Gasteiger partial charge on any atom is -0.493 e. The molecule has 0 fully saturated rings. The lowest BCUT2D eigenvalue weighted by Gasteiger charge is -2.11. The highest BCUT2D eigenvalue weighted by molar-refractivity contribution is 6.06. The summed E-state index contributed by atoms with van der Waals surface area (Å²) in [6.45, 7) is 2.77. The molecule has 0 atom stereocenters. The summed E-state index contributed by atoms with van der Waals surface area (Å²) in [6, 6.07) is 11.7. The number of ether oxygens (including phenoxy) is 2. The van der Waals surface area contributed by atoms with Crippen LogP contribution < -0.4 is 14.8 Å². The number of amides is 1. The molecule has 2 N–H and O–H groups in total. The Hall–Kier alpha value is -3.28. The van der Waals surface area contributed by atoms with Crippen LogP contribution in [0, 0.1) is 0 Å². The van der Waals surface area contributed by atoms with Crippen molar-refractivity contribution in [1.82, 2.24) is 0 Å². The quantitative estimate of drug-likeness (QED) is 0.411. The van der Waals surface area contributed by atoms with Crippen LogP contribution in [0.2, 0.25) is 0 Å². The largest absolute Gasteiger partial charge is 0.493 e. The number of carboxylic acid groups (broad SMARTS) is 1. The highest BCUT2D eigenvalue weighted by Gasteiger charge is 2.10. The number of aromatic carboxylic acids is 1. The van der Waals surface area contributed by atoms with Crippen molar-refractivity contribution in [3.8, 4) is 11.5 Å². The molecule has 0 aliphatic rings. The number of para-hydroxylation sites is 1. The monoisotopic (exact) mass is 397 g/mol. The molecule has 29 heavy (non-hydrogen) atoms. The van der Waals surface area contributed by atoms with E-state index in [0.29, 0.717) is 18.1 Å². The normalized spacial score (nSPS) is 10.7. The number of carbonyl (C=O) groups excluding carboxylic acids is 1. The van der Waals surface area contributed by atoms with Gasteiger partial charge in [0, 0.05) is 6.08 Å². The number of hydrogen-bond acceptors (Lipinski definition) is 4. The van der Waals surface area contributed by atoms with Gasteiger partial charge >= 0.3 is 5.97 Å². The lowest BCUT2D eigenvalue weighted by atomic mass is 10.1. The molecular weight excluding hydrogens is 370 g/mol. The van der Waals surface area contributed by atoms with Crippen LogP contribution in [-0.2, 0) is 4.79 Å². The van der Waals surface area contributed by atoms with Gasteiger partial charge in [-0.05, 0) is 42.3 Å². The van der Waals surface area contributed by atoms with Crippen molar-refractivity contribution in [2.75, 3.05) is 19.0 Å². The molecule has 2 aromatic carbocycles. The second-order valence-electron chi connectivity index (χ2n) is 6.49. The number of unbranched alkanes of at least 4 members (excludes halogenated alkanes) is 3. The van der Waals surface area contributed by atoms with Gasteiger partial charge in [-0.3, -0.25) is 4.79 Å². The number of carboxylic acids is 1. The lowest BCUT2D eigenvalue weighted by molar-refractivity contribution is -0.111. The molecule has 2 aromatic rings. The molecule has 0 aromatic heterocycles. The van der Waals surface area contributed by atoms with Crippen LogP contribution in [0.5, 0.6) is 11.5 Å². The molecule has 2 rings (SSSR count). The Labute approximate surface area is 171 Å². The third kappa shape index (κ3) is 6.99. The summed E-state index contributed by atoms with van der Waals surface area (Å²) < 4.78 is 11.2. The maximum Gasteiger partial charge on any atom is 0.337 e. The molecule has 0 radical (unpaired) electrons. The van der Waals surface area contributed by atoms with E-state index >= 15 is 0 Å². The van der Waals surface area contributed by atoms with Gasteiger partial charge < -0.3 is 19.9 Å². The Bertz CT molecular complexity index is 860. The summed E-state index contributed by atoms with van der Waals surface area (Å²) >= 11 is 0. The molecule has 154 valence electrons. The first kappa shape index (κ1) is 22.0. The predicted octanol–water partition coefficient (Wildman–Crippen LogP) is 5.00. The molecule has 0 bridgehead atoms. The summed E-state index contributed by atoms with van der Waals surface area (Å²) in [5, 5.41) is 11.8. The molecule has 0 aliphatic heterocycles. The number of methoxy groups -OCH3 is 1. The smallest absolute Gasteiger partial charge is 0.337 e. The number of nitrogens with one attached hydrogen (secondary N) is 1. The maximum absolute atomic E-state index is 12.2. The molecule has 0 saturated carbocycles. The van der Waals surface area contributed by atoms with Crippen LogP contribution in [0.1, 0.15) is 48.5 Å². The third-order valence-electron chi connectivity index (χ3n) is 4.29. The molecule has 0 unspecified atom stereocenters. The van der Waals surface area contributed by atoms with Crippen LogP contribution >= 0.6 is 0 Å². The molecule has 6 heteroatoms. The van der Waals surface area contributed by atoms with Crippen molar-refractivity contribution < 1.29 is 24.2 Å². The molecule has 6 nitrogen and oxygen atoms in total. The Morgan fingerprint density at radius 1 is 1.07 bits per heavy atom. The van der Waals surface area contributed by atoms with Crippen LogP contribution in [0.4, 0.5) is 5.69 Å². The Kier molecular flexibility index (Phi) is 8.76. The summed E-state index contributed by atoms with van der Waals surface area (Å²) in [6.07, 6.45) is 7.44. The van der Waals surface area contributed by atoms with Gasteiger partial charge in [0.15, 0.2) is 11.5 Å². The van der Waals surface area contributed by atoms with Crippen LogP contribution in [0.3, 0.4) is 0 Å². The van der Waals surface area contributed by atoms with Gasteiger partial charge in [0.05, 0.1) is 25.0 Å². The molecular formula is C23H27NO5. The second-order valence-corrected chi connectivity index (χ2v) is 6.49. The number of benzene rings is 2. The van der Waals surface area contributed by atoms with Gasteiger partial charge in [-0.1, -0.05) is 44.4 Å². The van der Waals surface area contributed by atoms with E-state index in [2.05, 4.69) is 12.2 Å². The fourth-order valence-electron chi connectivity index (χ4n) is 2.75. The Balaban J connectivity index is 2.03. The zero-order valence-electron chi connectivity index (χ0n) is 16.8. The van der Waals surface area contributed by atoms with Gasteiger partial charge in [0.2, 0.25) is 5.91 Å². The zero-order valence-corrected chi connectivity index (χ0v) is 16.8. The van der Waals surface area contributed by atoms with Gasteiger partial charge in [0.25, 0.3) is 0 Å². The topological polar surface area (TPSA) is 84.9 Å². The summed E-state index contributed by atoms with van der Waals surface area (Å²) in [7, 11) is 1.59. The third-order valence-corrected chi connectivity index (χ3v) is 4.29. The zero-order chi connectivity index (χ0) is 21.1. The Morgan fingerprint density at radius 3 is 2.59 bits per heavy atom. The van der Waals surface area contributed by atoms with Crippen LogP contribution in [0.15, 0.2) is 48.5 Å². The average molecular weight is 397 g/mol. The fraction of sp³-hybridized carbons (Fsp3) is 0.304. The number of rotatable bonds is 11. The highest BCUT2D eigenvalue weighted by atomic mass is 16.5. The minimum absolute atomic E-state index is 0.0393. The van der Waals surface area contributed by atoms with E-state index in [4.69, 9.17) is 9.47 Å². The van der Waals surface area contributed by atoms with E-state index in [-0.39, 0.29) is 11.3 Å². The van der Waals surface area contributed by atoms with Crippen molar-refractivity contribution in [3.05, 3.63) is 59.7 Å². The summed E-state index contributed by atoms with van der Waals surface area (Å²) in [4.78, 5) is 23.4. The first-order chi connectivity index (χ1) is 14.0. The van der Waals surface area contributed by atoms with Crippen molar-refractivity contribution in [2.24, 2.45) is 0 Å². The van der Waals surface area contributed by atoms with E-state index in [9.17, 15) is 14.7 Å². The predicted molar refractivity (Wildman–Crippen MR) is 114 cm³/mol.